The quantitative estimate of drug-likeness (QED) is 0.749. The second kappa shape index (κ2) is 6.12. The van der Waals surface area contributed by atoms with Gasteiger partial charge in [0.1, 0.15) is 6.61 Å². The SMILES string of the molecule is Cc1ccccc1C(=O)COCc1ccccc1. The van der Waals surface area contributed by atoms with E-state index in [0.717, 1.165) is 16.7 Å². The van der Waals surface area contributed by atoms with Crippen molar-refractivity contribution in [3.63, 3.8) is 0 Å². The molecule has 18 heavy (non-hydrogen) atoms. The normalized spacial score (nSPS) is 10.3. The highest BCUT2D eigenvalue weighted by Crippen LogP contribution is 2.08. The Bertz CT molecular complexity index is 518. The van der Waals surface area contributed by atoms with Crippen molar-refractivity contribution < 1.29 is 9.53 Å². The van der Waals surface area contributed by atoms with Gasteiger partial charge in [-0.3, -0.25) is 4.79 Å². The van der Waals surface area contributed by atoms with Gasteiger partial charge in [0.2, 0.25) is 0 Å². The molecule has 2 rings (SSSR count). The smallest absolute Gasteiger partial charge is 0.188 e. The number of carbonyl (C=O) groups is 1. The van der Waals surface area contributed by atoms with Gasteiger partial charge in [0.05, 0.1) is 6.61 Å². The van der Waals surface area contributed by atoms with E-state index in [9.17, 15) is 4.79 Å². The lowest BCUT2D eigenvalue weighted by atomic mass is 10.1. The third-order valence-electron chi connectivity index (χ3n) is 2.79. The van der Waals surface area contributed by atoms with Crippen LogP contribution < -0.4 is 0 Å². The van der Waals surface area contributed by atoms with Gasteiger partial charge in [-0.15, -0.1) is 0 Å². The van der Waals surface area contributed by atoms with Crippen molar-refractivity contribution >= 4 is 5.78 Å². The molecule has 0 N–H and O–H groups in total. The Balaban J connectivity index is 1.88. The Kier molecular flexibility index (Phi) is 4.26. The molecule has 0 unspecified atom stereocenters. The molecule has 0 saturated heterocycles. The fraction of sp³-hybridized carbons (Fsp3) is 0.188. The van der Waals surface area contributed by atoms with E-state index in [4.69, 9.17) is 4.74 Å². The third kappa shape index (κ3) is 3.28. The predicted molar refractivity (Wildman–Crippen MR) is 71.6 cm³/mol. The van der Waals surface area contributed by atoms with Crippen molar-refractivity contribution in [1.82, 2.24) is 0 Å². The predicted octanol–water partition coefficient (Wildman–Crippen LogP) is 3.39. The summed E-state index contributed by atoms with van der Waals surface area (Å²) in [6.45, 7) is 2.53. The zero-order chi connectivity index (χ0) is 12.8. The van der Waals surface area contributed by atoms with Gasteiger partial charge < -0.3 is 4.74 Å². The van der Waals surface area contributed by atoms with Crippen LogP contribution in [-0.2, 0) is 11.3 Å². The Labute approximate surface area is 107 Å². The van der Waals surface area contributed by atoms with E-state index in [-0.39, 0.29) is 12.4 Å². The van der Waals surface area contributed by atoms with E-state index in [1.807, 2.05) is 61.5 Å². The molecule has 0 aliphatic rings. The van der Waals surface area contributed by atoms with E-state index in [2.05, 4.69) is 0 Å². The zero-order valence-electron chi connectivity index (χ0n) is 10.4. The van der Waals surface area contributed by atoms with Gasteiger partial charge in [0.25, 0.3) is 0 Å². The molecule has 92 valence electrons. The van der Waals surface area contributed by atoms with Crippen LogP contribution in [0.25, 0.3) is 0 Å². The summed E-state index contributed by atoms with van der Waals surface area (Å²) in [5.74, 6) is 0.0315. The highest BCUT2D eigenvalue weighted by Gasteiger charge is 2.08. The van der Waals surface area contributed by atoms with Gasteiger partial charge in [0.15, 0.2) is 5.78 Å². The molecule has 0 saturated carbocycles. The van der Waals surface area contributed by atoms with E-state index < -0.39 is 0 Å². The van der Waals surface area contributed by atoms with Crippen LogP contribution >= 0.6 is 0 Å². The summed E-state index contributed by atoms with van der Waals surface area (Å²) in [7, 11) is 0. The van der Waals surface area contributed by atoms with Crippen LogP contribution in [0.1, 0.15) is 21.5 Å². The Morgan fingerprint density at radius 2 is 1.67 bits per heavy atom. The summed E-state index contributed by atoms with van der Waals surface area (Å²) in [5, 5.41) is 0. The number of ether oxygens (including phenoxy) is 1. The van der Waals surface area contributed by atoms with Crippen LogP contribution in [0.3, 0.4) is 0 Å². The third-order valence-corrected chi connectivity index (χ3v) is 2.79. The van der Waals surface area contributed by atoms with Gasteiger partial charge in [0, 0.05) is 5.56 Å². The number of benzene rings is 2. The molecular weight excluding hydrogens is 224 g/mol. The number of ketones is 1. The minimum Gasteiger partial charge on any atom is -0.369 e. The van der Waals surface area contributed by atoms with Crippen molar-refractivity contribution in [3.8, 4) is 0 Å². The molecular formula is C16H16O2. The number of aryl methyl sites for hydroxylation is 1. The number of carbonyl (C=O) groups excluding carboxylic acids is 1. The fourth-order valence-corrected chi connectivity index (χ4v) is 1.80. The maximum atomic E-state index is 11.9. The number of Topliss-reactive ketones (excluding diaryl/α,β-unsaturated/α-hetero) is 1. The minimum atomic E-state index is 0.0315. The van der Waals surface area contributed by atoms with Crippen molar-refractivity contribution in [2.24, 2.45) is 0 Å². The monoisotopic (exact) mass is 240 g/mol. The van der Waals surface area contributed by atoms with Crippen LogP contribution in [0.2, 0.25) is 0 Å². The first-order chi connectivity index (χ1) is 8.77. The second-order valence-electron chi connectivity index (χ2n) is 4.22. The highest BCUT2D eigenvalue weighted by atomic mass is 16.5. The molecule has 2 heteroatoms. The van der Waals surface area contributed by atoms with Crippen LogP contribution in [0.15, 0.2) is 54.6 Å². The lowest BCUT2D eigenvalue weighted by molar-refractivity contribution is 0.0726. The van der Waals surface area contributed by atoms with Crippen LogP contribution in [-0.4, -0.2) is 12.4 Å². The van der Waals surface area contributed by atoms with Gasteiger partial charge in [-0.1, -0.05) is 54.6 Å². The number of hydrogen-bond acceptors (Lipinski definition) is 2. The molecule has 0 atom stereocenters. The average molecular weight is 240 g/mol. The van der Waals surface area contributed by atoms with Crippen LogP contribution in [0, 0.1) is 6.92 Å². The maximum Gasteiger partial charge on any atom is 0.188 e. The topological polar surface area (TPSA) is 26.3 Å². The zero-order valence-corrected chi connectivity index (χ0v) is 10.4. The average Bonchev–Trinajstić information content (AvgIpc) is 2.40. The number of hydrogen-bond donors (Lipinski definition) is 0. The number of rotatable bonds is 5. The molecule has 0 radical (unpaired) electrons. The Hall–Kier alpha value is -1.93. The molecule has 0 bridgehead atoms. The standard InChI is InChI=1S/C16H16O2/c1-13-7-5-6-10-15(13)16(17)12-18-11-14-8-3-2-4-9-14/h2-10H,11-12H2,1H3. The lowest BCUT2D eigenvalue weighted by Gasteiger charge is -2.06. The van der Waals surface area contributed by atoms with Crippen molar-refractivity contribution in [1.29, 1.82) is 0 Å². The molecule has 2 aromatic rings. The molecule has 0 amide bonds. The van der Waals surface area contributed by atoms with Crippen LogP contribution in [0.5, 0.6) is 0 Å². The van der Waals surface area contributed by atoms with E-state index >= 15 is 0 Å². The molecule has 0 fully saturated rings. The highest BCUT2D eigenvalue weighted by molar-refractivity contribution is 5.98. The largest absolute Gasteiger partial charge is 0.369 e. The molecule has 2 aromatic carbocycles. The van der Waals surface area contributed by atoms with Crippen molar-refractivity contribution in [3.05, 3.63) is 71.3 Å². The second-order valence-corrected chi connectivity index (χ2v) is 4.22. The van der Waals surface area contributed by atoms with E-state index in [0.29, 0.717) is 6.61 Å². The summed E-state index contributed by atoms with van der Waals surface area (Å²) < 4.78 is 5.44. The Morgan fingerprint density at radius 1 is 1.00 bits per heavy atom. The summed E-state index contributed by atoms with van der Waals surface area (Å²) in [4.78, 5) is 11.9. The van der Waals surface area contributed by atoms with E-state index in [1.54, 1.807) is 0 Å². The van der Waals surface area contributed by atoms with Crippen LogP contribution in [0.4, 0.5) is 0 Å². The van der Waals surface area contributed by atoms with Gasteiger partial charge in [-0.2, -0.15) is 0 Å². The fourth-order valence-electron chi connectivity index (χ4n) is 1.80. The first kappa shape index (κ1) is 12.5. The van der Waals surface area contributed by atoms with Crippen molar-refractivity contribution in [2.75, 3.05) is 6.61 Å². The summed E-state index contributed by atoms with van der Waals surface area (Å²) >= 11 is 0. The lowest BCUT2D eigenvalue weighted by Crippen LogP contribution is -2.10. The summed E-state index contributed by atoms with van der Waals surface area (Å²) in [6.07, 6.45) is 0. The van der Waals surface area contributed by atoms with Gasteiger partial charge >= 0.3 is 0 Å². The Morgan fingerprint density at radius 3 is 2.39 bits per heavy atom. The molecule has 2 nitrogen and oxygen atoms in total. The first-order valence-electron chi connectivity index (χ1n) is 5.98. The molecule has 0 spiro atoms. The molecule has 0 aliphatic heterocycles. The summed E-state index contributed by atoms with van der Waals surface area (Å²) in [6, 6.07) is 17.4. The van der Waals surface area contributed by atoms with Gasteiger partial charge in [-0.25, -0.2) is 0 Å². The summed E-state index contributed by atoms with van der Waals surface area (Å²) in [5.41, 5.74) is 2.81. The first-order valence-corrected chi connectivity index (χ1v) is 5.98. The molecule has 0 aliphatic carbocycles. The molecule has 0 heterocycles. The van der Waals surface area contributed by atoms with E-state index in [1.165, 1.54) is 0 Å². The maximum absolute atomic E-state index is 11.9. The van der Waals surface area contributed by atoms with Gasteiger partial charge in [-0.05, 0) is 18.1 Å². The minimum absolute atomic E-state index is 0.0315. The molecule has 0 aromatic heterocycles. The van der Waals surface area contributed by atoms with Crippen molar-refractivity contribution in [2.45, 2.75) is 13.5 Å².